The van der Waals surface area contributed by atoms with Gasteiger partial charge in [0.25, 0.3) is 0 Å². The van der Waals surface area contributed by atoms with Crippen LogP contribution in [0.2, 0.25) is 0 Å². The van der Waals surface area contributed by atoms with Crippen LogP contribution in [0, 0.1) is 24.7 Å². The van der Waals surface area contributed by atoms with E-state index in [2.05, 4.69) is 30.4 Å². The SMILES string of the molecule is Cc1cccc2sc(NCC(C3CC3)C3CC3)nc12. The highest BCUT2D eigenvalue weighted by atomic mass is 32.1. The predicted octanol–water partition coefficient (Wildman–Crippen LogP) is 4.45. The van der Waals surface area contributed by atoms with Crippen molar-refractivity contribution in [3.05, 3.63) is 23.8 Å². The maximum atomic E-state index is 4.75. The molecule has 2 fully saturated rings. The average Bonchev–Trinajstić information content (AvgIpc) is 3.29. The highest BCUT2D eigenvalue weighted by molar-refractivity contribution is 7.22. The van der Waals surface area contributed by atoms with Crippen LogP contribution in [0.25, 0.3) is 10.2 Å². The molecule has 0 radical (unpaired) electrons. The van der Waals surface area contributed by atoms with Crippen LogP contribution in [0.5, 0.6) is 0 Å². The Morgan fingerprint density at radius 2 is 2.00 bits per heavy atom. The third kappa shape index (κ3) is 2.36. The van der Waals surface area contributed by atoms with Crippen molar-refractivity contribution in [2.24, 2.45) is 17.8 Å². The number of hydrogen-bond acceptors (Lipinski definition) is 3. The van der Waals surface area contributed by atoms with E-state index in [0.717, 1.165) is 29.4 Å². The molecular weight excluding hydrogens is 252 g/mol. The van der Waals surface area contributed by atoms with E-state index in [0.29, 0.717) is 0 Å². The maximum Gasteiger partial charge on any atom is 0.183 e. The van der Waals surface area contributed by atoms with Crippen LogP contribution in [0.3, 0.4) is 0 Å². The predicted molar refractivity (Wildman–Crippen MR) is 81.8 cm³/mol. The van der Waals surface area contributed by atoms with Crippen molar-refractivity contribution >= 4 is 26.7 Å². The molecule has 1 N–H and O–H groups in total. The molecule has 0 amide bonds. The van der Waals surface area contributed by atoms with Gasteiger partial charge < -0.3 is 5.32 Å². The van der Waals surface area contributed by atoms with Crippen LogP contribution >= 0.6 is 11.3 Å². The second-order valence-electron chi connectivity index (χ2n) is 6.16. The molecule has 0 saturated heterocycles. The molecule has 100 valence electrons. The molecule has 0 unspecified atom stereocenters. The Morgan fingerprint density at radius 1 is 1.26 bits per heavy atom. The number of rotatable bonds is 5. The summed E-state index contributed by atoms with van der Waals surface area (Å²) < 4.78 is 1.30. The summed E-state index contributed by atoms with van der Waals surface area (Å²) in [5.41, 5.74) is 2.45. The monoisotopic (exact) mass is 272 g/mol. The van der Waals surface area contributed by atoms with Crippen LogP contribution in [0.15, 0.2) is 18.2 Å². The largest absolute Gasteiger partial charge is 0.361 e. The number of nitrogens with zero attached hydrogens (tertiary/aromatic N) is 1. The maximum absolute atomic E-state index is 4.75. The van der Waals surface area contributed by atoms with Crippen molar-refractivity contribution in [3.8, 4) is 0 Å². The molecule has 4 rings (SSSR count). The highest BCUT2D eigenvalue weighted by Gasteiger charge is 2.41. The summed E-state index contributed by atoms with van der Waals surface area (Å²) in [6.07, 6.45) is 5.84. The van der Waals surface area contributed by atoms with Gasteiger partial charge in [-0.2, -0.15) is 0 Å². The minimum Gasteiger partial charge on any atom is -0.361 e. The number of para-hydroxylation sites is 1. The summed E-state index contributed by atoms with van der Waals surface area (Å²) in [5, 5.41) is 4.72. The molecule has 2 aliphatic carbocycles. The van der Waals surface area contributed by atoms with Crippen LogP contribution < -0.4 is 5.32 Å². The van der Waals surface area contributed by atoms with E-state index in [1.165, 1.54) is 41.5 Å². The topological polar surface area (TPSA) is 24.9 Å². The highest BCUT2D eigenvalue weighted by Crippen LogP contribution is 2.49. The number of aromatic nitrogens is 1. The Balaban J connectivity index is 1.49. The molecule has 1 aromatic carbocycles. The van der Waals surface area contributed by atoms with Crippen molar-refractivity contribution in [3.63, 3.8) is 0 Å². The molecule has 2 saturated carbocycles. The Kier molecular flexibility index (Phi) is 2.76. The zero-order chi connectivity index (χ0) is 12.8. The number of anilines is 1. The van der Waals surface area contributed by atoms with Gasteiger partial charge in [0.1, 0.15) is 0 Å². The normalized spacial score (nSPS) is 19.3. The van der Waals surface area contributed by atoms with E-state index in [1.54, 1.807) is 11.3 Å². The van der Waals surface area contributed by atoms with Crippen molar-refractivity contribution < 1.29 is 0 Å². The third-order valence-electron chi connectivity index (χ3n) is 4.56. The summed E-state index contributed by atoms with van der Waals surface area (Å²) >= 11 is 1.80. The van der Waals surface area contributed by atoms with Gasteiger partial charge in [-0.05, 0) is 62.0 Å². The minimum atomic E-state index is 0.910. The van der Waals surface area contributed by atoms with Gasteiger partial charge in [0.2, 0.25) is 0 Å². The van der Waals surface area contributed by atoms with E-state index in [9.17, 15) is 0 Å². The first-order chi connectivity index (χ1) is 9.31. The van der Waals surface area contributed by atoms with Crippen LogP contribution in [-0.4, -0.2) is 11.5 Å². The van der Waals surface area contributed by atoms with Gasteiger partial charge in [-0.25, -0.2) is 4.98 Å². The number of fused-ring (bicyclic) bond motifs is 1. The third-order valence-corrected chi connectivity index (χ3v) is 5.54. The number of nitrogens with one attached hydrogen (secondary N) is 1. The van der Waals surface area contributed by atoms with Gasteiger partial charge >= 0.3 is 0 Å². The first kappa shape index (κ1) is 11.7. The lowest BCUT2D eigenvalue weighted by Crippen LogP contribution is -2.18. The van der Waals surface area contributed by atoms with Gasteiger partial charge in [0, 0.05) is 6.54 Å². The number of aryl methyl sites for hydroxylation is 1. The minimum absolute atomic E-state index is 0.910. The molecule has 2 aliphatic rings. The smallest absolute Gasteiger partial charge is 0.183 e. The fourth-order valence-corrected chi connectivity index (χ4v) is 4.08. The summed E-state index contributed by atoms with van der Waals surface area (Å²) in [7, 11) is 0. The first-order valence-electron chi connectivity index (χ1n) is 7.41. The van der Waals surface area contributed by atoms with Gasteiger partial charge in [-0.1, -0.05) is 23.5 Å². The molecule has 0 bridgehead atoms. The molecule has 2 aromatic rings. The molecule has 0 aliphatic heterocycles. The summed E-state index contributed by atoms with van der Waals surface area (Å²) in [6, 6.07) is 6.43. The first-order valence-corrected chi connectivity index (χ1v) is 8.23. The van der Waals surface area contributed by atoms with Gasteiger partial charge in [0.15, 0.2) is 5.13 Å². The van der Waals surface area contributed by atoms with Gasteiger partial charge in [0.05, 0.1) is 10.2 Å². The lowest BCUT2D eigenvalue weighted by molar-refractivity contribution is 0.428. The Labute approximate surface area is 118 Å². The van der Waals surface area contributed by atoms with Crippen LogP contribution in [0.1, 0.15) is 31.2 Å². The molecule has 3 heteroatoms. The fourth-order valence-electron chi connectivity index (χ4n) is 3.13. The number of thiazole rings is 1. The van der Waals surface area contributed by atoms with Gasteiger partial charge in [-0.15, -0.1) is 0 Å². The zero-order valence-corrected chi connectivity index (χ0v) is 12.2. The van der Waals surface area contributed by atoms with Crippen molar-refractivity contribution in [1.29, 1.82) is 0 Å². The van der Waals surface area contributed by atoms with E-state index >= 15 is 0 Å². The number of benzene rings is 1. The Bertz CT molecular complexity index is 584. The van der Waals surface area contributed by atoms with E-state index in [4.69, 9.17) is 4.98 Å². The second-order valence-corrected chi connectivity index (χ2v) is 7.19. The van der Waals surface area contributed by atoms with Crippen molar-refractivity contribution in [2.75, 3.05) is 11.9 Å². The quantitative estimate of drug-likeness (QED) is 0.869. The summed E-state index contributed by atoms with van der Waals surface area (Å²) in [4.78, 5) is 4.75. The molecule has 0 atom stereocenters. The molecule has 0 spiro atoms. The van der Waals surface area contributed by atoms with Crippen molar-refractivity contribution in [1.82, 2.24) is 4.98 Å². The Hall–Kier alpha value is -1.09. The summed E-state index contributed by atoms with van der Waals surface area (Å²) in [5.74, 6) is 2.93. The van der Waals surface area contributed by atoms with Crippen LogP contribution in [-0.2, 0) is 0 Å². The lowest BCUT2D eigenvalue weighted by Gasteiger charge is -2.15. The van der Waals surface area contributed by atoms with Gasteiger partial charge in [-0.3, -0.25) is 0 Å². The molecular formula is C16H20N2S. The van der Waals surface area contributed by atoms with Crippen molar-refractivity contribution in [2.45, 2.75) is 32.6 Å². The average molecular weight is 272 g/mol. The van der Waals surface area contributed by atoms with E-state index in [1.807, 2.05) is 0 Å². The molecule has 19 heavy (non-hydrogen) atoms. The molecule has 1 heterocycles. The zero-order valence-electron chi connectivity index (χ0n) is 11.4. The Morgan fingerprint density at radius 3 is 2.63 bits per heavy atom. The lowest BCUT2D eigenvalue weighted by atomic mass is 9.98. The second kappa shape index (κ2) is 4.48. The fraction of sp³-hybridized carbons (Fsp3) is 0.562. The number of hydrogen-bond donors (Lipinski definition) is 1. The van der Waals surface area contributed by atoms with Crippen LogP contribution in [0.4, 0.5) is 5.13 Å². The summed E-state index contributed by atoms with van der Waals surface area (Å²) in [6.45, 7) is 3.28. The standard InChI is InChI=1S/C16H20N2S/c1-10-3-2-4-14-15(10)18-16(19-14)17-9-13(11-5-6-11)12-7-8-12/h2-4,11-13H,5-9H2,1H3,(H,17,18). The van der Waals surface area contributed by atoms with E-state index in [-0.39, 0.29) is 0 Å². The molecule has 1 aromatic heterocycles. The molecule has 2 nitrogen and oxygen atoms in total. The van der Waals surface area contributed by atoms with E-state index < -0.39 is 0 Å².